The Morgan fingerprint density at radius 2 is 2.06 bits per heavy atom. The van der Waals surface area contributed by atoms with Crippen molar-refractivity contribution in [1.82, 2.24) is 15.2 Å². The van der Waals surface area contributed by atoms with E-state index in [-0.39, 0.29) is 0 Å². The monoisotopic (exact) mass is 303 g/mol. The van der Waals surface area contributed by atoms with Gasteiger partial charge in [-0.05, 0) is 18.3 Å². The number of thioether (sulfide) groups is 1. The lowest BCUT2D eigenvalue weighted by Gasteiger charge is -2.29. The van der Waals surface area contributed by atoms with Crippen molar-refractivity contribution in [3.63, 3.8) is 0 Å². The molecule has 1 aromatic rings. The Kier molecular flexibility index (Phi) is 4.70. The zero-order valence-electron chi connectivity index (χ0n) is 9.41. The summed E-state index contributed by atoms with van der Waals surface area (Å²) >= 11 is 5.51. The van der Waals surface area contributed by atoms with Gasteiger partial charge in [-0.25, -0.2) is 4.98 Å². The zero-order valence-corrected chi connectivity index (χ0v) is 11.8. The summed E-state index contributed by atoms with van der Waals surface area (Å²) in [5.74, 6) is 1.15. The topological polar surface area (TPSA) is 41.6 Å². The van der Waals surface area contributed by atoms with Crippen molar-refractivity contribution in [3.8, 4) is 0 Å². The molecular weight excluding hydrogens is 286 g/mol. The molecule has 1 saturated carbocycles. The van der Waals surface area contributed by atoms with Crippen LogP contribution in [0.2, 0.25) is 0 Å². The summed E-state index contributed by atoms with van der Waals surface area (Å²) in [5, 5.41) is 8.87. The molecule has 16 heavy (non-hydrogen) atoms. The molecule has 5 heteroatoms. The van der Waals surface area contributed by atoms with Crippen molar-refractivity contribution in [2.24, 2.45) is 5.41 Å². The number of aromatic amines is 1. The second-order valence-corrected chi connectivity index (χ2v) is 6.15. The molecule has 0 aliphatic heterocycles. The lowest BCUT2D eigenvalue weighted by molar-refractivity contribution is 0.334. The second kappa shape index (κ2) is 6.05. The molecule has 0 spiro atoms. The van der Waals surface area contributed by atoms with Gasteiger partial charge in [0.05, 0.1) is 0 Å². The number of rotatable bonds is 4. The molecule has 0 bridgehead atoms. The minimum atomic E-state index is 0.466. The maximum Gasteiger partial charge on any atom is 0.183 e. The first-order valence-electron chi connectivity index (χ1n) is 5.89. The number of hydrogen-bond acceptors (Lipinski definition) is 3. The summed E-state index contributed by atoms with van der Waals surface area (Å²) in [5.41, 5.74) is 0.466. The van der Waals surface area contributed by atoms with E-state index in [0.29, 0.717) is 5.41 Å². The molecule has 1 fully saturated rings. The smallest absolute Gasteiger partial charge is 0.183 e. The molecule has 1 aromatic heterocycles. The Bertz CT molecular complexity index is 294. The fourth-order valence-corrected chi connectivity index (χ4v) is 4.37. The molecule has 0 saturated heterocycles. The Labute approximate surface area is 109 Å². The van der Waals surface area contributed by atoms with E-state index in [1.54, 1.807) is 6.33 Å². The van der Waals surface area contributed by atoms with Crippen LogP contribution in [-0.4, -0.2) is 26.3 Å². The van der Waals surface area contributed by atoms with Crippen LogP contribution in [-0.2, 0) is 0 Å². The van der Waals surface area contributed by atoms with E-state index >= 15 is 0 Å². The first-order chi connectivity index (χ1) is 7.85. The number of H-pyrrole nitrogens is 1. The van der Waals surface area contributed by atoms with Gasteiger partial charge in [-0.2, -0.15) is 5.10 Å². The average molecular weight is 304 g/mol. The third-order valence-electron chi connectivity index (χ3n) is 3.36. The Morgan fingerprint density at radius 1 is 1.31 bits per heavy atom. The fourth-order valence-electron chi connectivity index (χ4n) is 2.28. The third-order valence-corrected chi connectivity index (χ3v) is 5.77. The van der Waals surface area contributed by atoms with E-state index in [1.807, 2.05) is 11.8 Å². The first kappa shape index (κ1) is 12.4. The molecule has 3 nitrogen and oxygen atoms in total. The number of alkyl halides is 1. The maximum atomic E-state index is 4.17. The van der Waals surface area contributed by atoms with Crippen LogP contribution in [0, 0.1) is 5.41 Å². The van der Waals surface area contributed by atoms with Gasteiger partial charge < -0.3 is 0 Å². The van der Waals surface area contributed by atoms with Crippen molar-refractivity contribution in [3.05, 3.63) is 6.33 Å². The number of nitrogens with zero attached hydrogens (tertiary/aromatic N) is 2. The quantitative estimate of drug-likeness (QED) is 0.524. The van der Waals surface area contributed by atoms with E-state index < -0.39 is 0 Å². The van der Waals surface area contributed by atoms with Crippen molar-refractivity contribution < 1.29 is 0 Å². The third kappa shape index (κ3) is 3.23. The van der Waals surface area contributed by atoms with Crippen molar-refractivity contribution >= 4 is 27.7 Å². The summed E-state index contributed by atoms with van der Waals surface area (Å²) in [6, 6.07) is 0. The standard InChI is InChI=1S/C11H18BrN3S/c12-7-11(5-3-1-2-4-6-11)8-16-10-13-9-14-15-10/h9H,1-8H2,(H,13,14,15). The predicted octanol–water partition coefficient (Wildman–Crippen LogP) is 3.63. The number of nitrogens with one attached hydrogen (secondary N) is 1. The van der Waals surface area contributed by atoms with Gasteiger partial charge >= 0.3 is 0 Å². The molecular formula is C11H18BrN3S. The van der Waals surface area contributed by atoms with Crippen molar-refractivity contribution in [2.45, 2.75) is 43.7 Å². The average Bonchev–Trinajstić information content (AvgIpc) is 2.72. The summed E-state index contributed by atoms with van der Waals surface area (Å²) < 4.78 is 0. The lowest BCUT2D eigenvalue weighted by atomic mass is 9.85. The highest BCUT2D eigenvalue weighted by Gasteiger charge is 2.30. The van der Waals surface area contributed by atoms with E-state index in [4.69, 9.17) is 0 Å². The van der Waals surface area contributed by atoms with Gasteiger partial charge in [0, 0.05) is 11.1 Å². The van der Waals surface area contributed by atoms with Crippen LogP contribution in [0.3, 0.4) is 0 Å². The molecule has 0 atom stereocenters. The van der Waals surface area contributed by atoms with Gasteiger partial charge in [0.25, 0.3) is 0 Å². The predicted molar refractivity (Wildman–Crippen MR) is 71.0 cm³/mol. The van der Waals surface area contributed by atoms with Gasteiger partial charge in [0.1, 0.15) is 6.33 Å². The molecule has 0 amide bonds. The van der Waals surface area contributed by atoms with Crippen LogP contribution in [0.5, 0.6) is 0 Å². The summed E-state index contributed by atoms with van der Waals surface area (Å²) in [6.07, 6.45) is 9.84. The normalized spacial score (nSPS) is 20.6. The van der Waals surface area contributed by atoms with Crippen LogP contribution in [0.15, 0.2) is 11.5 Å². The van der Waals surface area contributed by atoms with Crippen LogP contribution in [0.4, 0.5) is 0 Å². The second-order valence-electron chi connectivity index (χ2n) is 4.63. The van der Waals surface area contributed by atoms with Gasteiger partial charge in [0.15, 0.2) is 5.16 Å². The summed E-state index contributed by atoms with van der Waals surface area (Å²) in [6.45, 7) is 0. The maximum absolute atomic E-state index is 4.17. The largest absolute Gasteiger partial charge is 0.254 e. The van der Waals surface area contributed by atoms with E-state index in [1.165, 1.54) is 38.5 Å². The summed E-state index contributed by atoms with van der Waals surface area (Å²) in [7, 11) is 0. The Hall–Kier alpha value is -0.0300. The molecule has 0 unspecified atom stereocenters. The molecule has 90 valence electrons. The molecule has 1 aliphatic rings. The summed E-state index contributed by atoms with van der Waals surface area (Å²) in [4.78, 5) is 4.17. The fraction of sp³-hybridized carbons (Fsp3) is 0.818. The highest BCUT2D eigenvalue weighted by atomic mass is 79.9. The number of hydrogen-bond donors (Lipinski definition) is 1. The lowest BCUT2D eigenvalue weighted by Crippen LogP contribution is -2.25. The SMILES string of the molecule is BrCC1(CSc2ncn[nH]2)CCCCCC1. The van der Waals surface area contributed by atoms with Gasteiger partial charge in [-0.15, -0.1) is 0 Å². The van der Waals surface area contributed by atoms with Gasteiger partial charge in [-0.3, -0.25) is 5.10 Å². The molecule has 1 N–H and O–H groups in total. The van der Waals surface area contributed by atoms with Crippen molar-refractivity contribution in [1.29, 1.82) is 0 Å². The van der Waals surface area contributed by atoms with Gasteiger partial charge in [0.2, 0.25) is 0 Å². The number of halogens is 1. The van der Waals surface area contributed by atoms with Crippen LogP contribution in [0.1, 0.15) is 38.5 Å². The molecule has 2 rings (SSSR count). The van der Waals surface area contributed by atoms with E-state index in [0.717, 1.165) is 16.2 Å². The Balaban J connectivity index is 1.92. The first-order valence-corrected chi connectivity index (χ1v) is 7.99. The molecule has 1 aliphatic carbocycles. The minimum absolute atomic E-state index is 0.466. The zero-order chi connectivity index (χ0) is 11.3. The number of aromatic nitrogens is 3. The van der Waals surface area contributed by atoms with E-state index in [9.17, 15) is 0 Å². The van der Waals surface area contributed by atoms with Gasteiger partial charge in [-0.1, -0.05) is 53.4 Å². The molecule has 0 aromatic carbocycles. The minimum Gasteiger partial charge on any atom is -0.254 e. The van der Waals surface area contributed by atoms with Crippen LogP contribution in [0.25, 0.3) is 0 Å². The van der Waals surface area contributed by atoms with E-state index in [2.05, 4.69) is 31.1 Å². The molecule has 1 heterocycles. The molecule has 0 radical (unpaired) electrons. The highest BCUT2D eigenvalue weighted by Crippen LogP contribution is 2.40. The van der Waals surface area contributed by atoms with Crippen molar-refractivity contribution in [2.75, 3.05) is 11.1 Å². The van der Waals surface area contributed by atoms with Crippen LogP contribution >= 0.6 is 27.7 Å². The highest BCUT2D eigenvalue weighted by molar-refractivity contribution is 9.09. The van der Waals surface area contributed by atoms with Crippen LogP contribution < -0.4 is 0 Å². The Morgan fingerprint density at radius 3 is 2.62 bits per heavy atom.